The van der Waals surface area contributed by atoms with Gasteiger partial charge in [-0.1, -0.05) is 18.2 Å². The Hall–Kier alpha value is -1.70. The van der Waals surface area contributed by atoms with E-state index in [1.54, 1.807) is 0 Å². The fourth-order valence-corrected chi connectivity index (χ4v) is 2.82. The molecule has 0 atom stereocenters. The van der Waals surface area contributed by atoms with E-state index in [1.807, 2.05) is 13.1 Å². The quantitative estimate of drug-likeness (QED) is 0.384. The van der Waals surface area contributed by atoms with Gasteiger partial charge >= 0.3 is 0 Å². The van der Waals surface area contributed by atoms with Gasteiger partial charge in [0.25, 0.3) is 0 Å². The normalized spacial score (nSPS) is 13.9. The van der Waals surface area contributed by atoms with Gasteiger partial charge in [-0.25, -0.2) is 0 Å². The summed E-state index contributed by atoms with van der Waals surface area (Å²) in [5.74, 6) is 2.60. The lowest BCUT2D eigenvalue weighted by Crippen LogP contribution is -2.38. The molecule has 26 heavy (non-hydrogen) atoms. The monoisotopic (exact) mass is 468 g/mol. The predicted octanol–water partition coefficient (Wildman–Crippen LogP) is 3.64. The average Bonchev–Trinajstić information content (AvgIpc) is 3.37. The van der Waals surface area contributed by atoms with Crippen LogP contribution >= 0.6 is 24.0 Å². The average molecular weight is 468 g/mol. The van der Waals surface area contributed by atoms with E-state index in [2.05, 4.69) is 70.4 Å². The van der Waals surface area contributed by atoms with E-state index in [0.29, 0.717) is 6.54 Å². The number of para-hydroxylation sites is 1. The molecule has 0 aliphatic heterocycles. The molecule has 1 heterocycles. The van der Waals surface area contributed by atoms with Gasteiger partial charge < -0.3 is 19.5 Å². The van der Waals surface area contributed by atoms with Gasteiger partial charge in [-0.2, -0.15) is 0 Å². The summed E-state index contributed by atoms with van der Waals surface area (Å²) in [7, 11) is 5.93. The van der Waals surface area contributed by atoms with Crippen LogP contribution in [0.15, 0.2) is 47.6 Å². The predicted molar refractivity (Wildman–Crippen MR) is 117 cm³/mol. The maximum Gasteiger partial charge on any atom is 0.194 e. The second kappa shape index (κ2) is 9.85. The molecule has 0 unspecified atom stereocenters. The van der Waals surface area contributed by atoms with E-state index in [9.17, 15) is 0 Å². The fourth-order valence-electron chi connectivity index (χ4n) is 2.82. The van der Waals surface area contributed by atoms with Crippen LogP contribution < -0.4 is 10.1 Å². The van der Waals surface area contributed by atoms with Gasteiger partial charge in [0.05, 0.1) is 13.2 Å². The van der Waals surface area contributed by atoms with Crippen LogP contribution in [-0.4, -0.2) is 36.1 Å². The minimum Gasteiger partial charge on any atom is -0.493 e. The number of aryl methyl sites for hydroxylation is 1. The Balaban J connectivity index is 0.00000243. The van der Waals surface area contributed by atoms with Crippen LogP contribution in [0.25, 0.3) is 0 Å². The number of ether oxygens (including phenoxy) is 1. The number of guanidine groups is 1. The first kappa shape index (κ1) is 20.6. The third kappa shape index (κ3) is 5.65. The summed E-state index contributed by atoms with van der Waals surface area (Å²) in [6.07, 6.45) is 4.67. The fraction of sp³-hybridized carbons (Fsp3) is 0.450. The Bertz CT molecular complexity index is 724. The molecule has 1 aliphatic rings. The molecular weight excluding hydrogens is 439 g/mol. The highest BCUT2D eigenvalue weighted by Crippen LogP contribution is 2.30. The number of aliphatic imine (C=N–C) groups is 1. The molecule has 0 radical (unpaired) electrons. The molecule has 3 rings (SSSR count). The maximum atomic E-state index is 5.99. The van der Waals surface area contributed by atoms with Crippen molar-refractivity contribution in [3.8, 4) is 5.75 Å². The van der Waals surface area contributed by atoms with Crippen LogP contribution in [0, 0.1) is 5.92 Å². The first-order valence-corrected chi connectivity index (χ1v) is 8.90. The Morgan fingerprint density at radius 2 is 2.04 bits per heavy atom. The minimum absolute atomic E-state index is 0. The molecule has 1 fully saturated rings. The SMILES string of the molecule is CN=C(NCc1ccccc1OCC1CC1)N(C)Cc1cccn1C.I. The molecule has 0 spiro atoms. The van der Waals surface area contributed by atoms with Crippen molar-refractivity contribution in [2.24, 2.45) is 18.0 Å². The summed E-state index contributed by atoms with van der Waals surface area (Å²) < 4.78 is 8.12. The number of aromatic nitrogens is 1. The number of hydrogen-bond acceptors (Lipinski definition) is 2. The molecule has 0 saturated heterocycles. The first-order valence-electron chi connectivity index (χ1n) is 8.90. The first-order chi connectivity index (χ1) is 12.2. The topological polar surface area (TPSA) is 41.8 Å². The van der Waals surface area contributed by atoms with Crippen molar-refractivity contribution in [3.05, 3.63) is 53.9 Å². The molecule has 0 amide bonds. The highest BCUT2D eigenvalue weighted by Gasteiger charge is 2.22. The van der Waals surface area contributed by atoms with E-state index in [0.717, 1.165) is 36.3 Å². The number of benzene rings is 1. The Morgan fingerprint density at radius 3 is 2.69 bits per heavy atom. The van der Waals surface area contributed by atoms with Gasteiger partial charge in [-0.3, -0.25) is 4.99 Å². The van der Waals surface area contributed by atoms with Crippen LogP contribution in [0.4, 0.5) is 0 Å². The number of nitrogens with zero attached hydrogens (tertiary/aromatic N) is 3. The molecular formula is C20H29IN4O. The smallest absolute Gasteiger partial charge is 0.194 e. The standard InChI is InChI=1S/C20H28N4O.HI/c1-21-20(24(3)14-18-8-6-12-23(18)2)22-13-17-7-4-5-9-19(17)25-15-16-10-11-16;/h4-9,12,16H,10-11,13-15H2,1-3H3,(H,21,22);1H. The second-order valence-electron chi connectivity index (χ2n) is 6.73. The summed E-state index contributed by atoms with van der Waals surface area (Å²) in [4.78, 5) is 6.54. The van der Waals surface area contributed by atoms with Gasteiger partial charge in [0.15, 0.2) is 5.96 Å². The second-order valence-corrected chi connectivity index (χ2v) is 6.73. The van der Waals surface area contributed by atoms with Crippen LogP contribution in [0.2, 0.25) is 0 Å². The lowest BCUT2D eigenvalue weighted by molar-refractivity contribution is 0.296. The zero-order valence-electron chi connectivity index (χ0n) is 15.8. The number of nitrogens with one attached hydrogen (secondary N) is 1. The zero-order valence-corrected chi connectivity index (χ0v) is 18.1. The minimum atomic E-state index is 0. The molecule has 1 N–H and O–H groups in total. The van der Waals surface area contributed by atoms with Crippen molar-refractivity contribution in [1.82, 2.24) is 14.8 Å². The van der Waals surface area contributed by atoms with Crippen molar-refractivity contribution in [2.45, 2.75) is 25.9 Å². The lowest BCUT2D eigenvalue weighted by atomic mass is 10.2. The third-order valence-electron chi connectivity index (χ3n) is 4.60. The van der Waals surface area contributed by atoms with Crippen molar-refractivity contribution in [2.75, 3.05) is 20.7 Å². The molecule has 1 aromatic heterocycles. The van der Waals surface area contributed by atoms with Gasteiger partial charge in [0.2, 0.25) is 0 Å². The summed E-state index contributed by atoms with van der Waals surface area (Å²) in [5.41, 5.74) is 2.41. The molecule has 6 heteroatoms. The summed E-state index contributed by atoms with van der Waals surface area (Å²) >= 11 is 0. The van der Waals surface area contributed by atoms with E-state index < -0.39 is 0 Å². The molecule has 1 aliphatic carbocycles. The maximum absolute atomic E-state index is 5.99. The van der Waals surface area contributed by atoms with Gasteiger partial charge in [0.1, 0.15) is 5.75 Å². The summed E-state index contributed by atoms with van der Waals surface area (Å²) in [5, 5.41) is 3.45. The van der Waals surface area contributed by atoms with Crippen LogP contribution in [-0.2, 0) is 20.1 Å². The number of rotatable bonds is 7. The van der Waals surface area contributed by atoms with Gasteiger partial charge in [-0.15, -0.1) is 24.0 Å². The highest BCUT2D eigenvalue weighted by atomic mass is 127. The van der Waals surface area contributed by atoms with E-state index in [1.165, 1.54) is 18.5 Å². The third-order valence-corrected chi connectivity index (χ3v) is 4.60. The van der Waals surface area contributed by atoms with Crippen molar-refractivity contribution >= 4 is 29.9 Å². The van der Waals surface area contributed by atoms with Gasteiger partial charge in [-0.05, 0) is 37.0 Å². The van der Waals surface area contributed by atoms with Crippen LogP contribution in [0.5, 0.6) is 5.75 Å². The van der Waals surface area contributed by atoms with Crippen molar-refractivity contribution in [3.63, 3.8) is 0 Å². The molecule has 5 nitrogen and oxygen atoms in total. The van der Waals surface area contributed by atoms with E-state index in [-0.39, 0.29) is 24.0 Å². The molecule has 142 valence electrons. The summed E-state index contributed by atoms with van der Waals surface area (Å²) in [6.45, 7) is 2.34. The Kier molecular flexibility index (Phi) is 7.81. The zero-order chi connectivity index (χ0) is 17.6. The molecule has 2 aromatic rings. The van der Waals surface area contributed by atoms with E-state index in [4.69, 9.17) is 4.74 Å². The van der Waals surface area contributed by atoms with Gasteiger partial charge in [0, 0.05) is 45.1 Å². The Labute approximate surface area is 173 Å². The van der Waals surface area contributed by atoms with Crippen molar-refractivity contribution in [1.29, 1.82) is 0 Å². The number of halogens is 1. The Morgan fingerprint density at radius 1 is 1.27 bits per heavy atom. The highest BCUT2D eigenvalue weighted by molar-refractivity contribution is 14.0. The lowest BCUT2D eigenvalue weighted by Gasteiger charge is -2.23. The van der Waals surface area contributed by atoms with Crippen LogP contribution in [0.1, 0.15) is 24.1 Å². The summed E-state index contributed by atoms with van der Waals surface area (Å²) in [6, 6.07) is 12.4. The van der Waals surface area contributed by atoms with E-state index >= 15 is 0 Å². The largest absolute Gasteiger partial charge is 0.493 e. The number of hydrogen-bond donors (Lipinski definition) is 1. The molecule has 1 saturated carbocycles. The molecule has 0 bridgehead atoms. The van der Waals surface area contributed by atoms with Crippen molar-refractivity contribution < 1.29 is 4.74 Å². The molecule has 1 aromatic carbocycles. The van der Waals surface area contributed by atoms with Crippen LogP contribution in [0.3, 0.4) is 0 Å².